The molecule has 0 bridgehead atoms. The van der Waals surface area contributed by atoms with E-state index in [9.17, 15) is 14.7 Å². The monoisotopic (exact) mass is 494 g/mol. The molecule has 2 fully saturated rings. The van der Waals surface area contributed by atoms with Crippen LogP contribution in [0.5, 0.6) is 11.5 Å². The van der Waals surface area contributed by atoms with Crippen LogP contribution in [-0.4, -0.2) is 75.6 Å². The number of carbonyl (C=O) groups is 2. The highest BCUT2D eigenvalue weighted by Gasteiger charge is 2.57. The Hall–Kier alpha value is -3.13. The Morgan fingerprint density at radius 1 is 1.06 bits per heavy atom. The van der Waals surface area contributed by atoms with Crippen molar-refractivity contribution < 1.29 is 19.4 Å². The SMILES string of the molecule is COc1cc(CN2CCC3(CC2)C(=O)N(CCCc2ccncc2)C(=O)N3CCC(C)C)ccc1O. The first-order valence-electron chi connectivity index (χ1n) is 12.9. The number of benzene rings is 1. The van der Waals surface area contributed by atoms with Crippen LogP contribution in [0.2, 0.25) is 0 Å². The Labute approximate surface area is 213 Å². The number of amides is 3. The maximum Gasteiger partial charge on any atom is 0.327 e. The number of aryl methyl sites for hydroxylation is 1. The van der Waals surface area contributed by atoms with Crippen molar-refractivity contribution in [2.45, 2.75) is 58.0 Å². The summed E-state index contributed by atoms with van der Waals surface area (Å²) in [6, 6.07) is 9.21. The molecule has 2 aromatic rings. The first kappa shape index (κ1) is 25.9. The van der Waals surface area contributed by atoms with E-state index in [2.05, 4.69) is 23.7 Å². The van der Waals surface area contributed by atoms with E-state index in [1.807, 2.05) is 29.2 Å². The number of imide groups is 1. The standard InChI is InChI=1S/C28H38N4O4/c1-21(2)10-16-32-27(35)31(15-4-5-22-8-13-29-14-9-22)26(34)28(32)11-17-30(18-12-28)20-23-6-7-24(33)25(19-23)36-3/h6-9,13-14,19,21,33H,4-5,10-12,15-18,20H2,1-3H3. The average Bonchev–Trinajstić information content (AvgIpc) is 3.06. The molecule has 2 aliphatic heterocycles. The lowest BCUT2D eigenvalue weighted by molar-refractivity contribution is -0.135. The molecule has 36 heavy (non-hydrogen) atoms. The third-order valence-electron chi connectivity index (χ3n) is 7.48. The van der Waals surface area contributed by atoms with Gasteiger partial charge >= 0.3 is 6.03 Å². The Balaban J connectivity index is 1.44. The molecule has 8 nitrogen and oxygen atoms in total. The van der Waals surface area contributed by atoms with Crippen molar-refractivity contribution in [2.75, 3.05) is 33.3 Å². The van der Waals surface area contributed by atoms with Crippen LogP contribution in [-0.2, 0) is 17.8 Å². The minimum absolute atomic E-state index is 0.0306. The van der Waals surface area contributed by atoms with E-state index < -0.39 is 5.54 Å². The summed E-state index contributed by atoms with van der Waals surface area (Å²) in [6.07, 6.45) is 7.23. The maximum atomic E-state index is 13.8. The van der Waals surface area contributed by atoms with Gasteiger partial charge in [-0.25, -0.2) is 4.79 Å². The zero-order valence-corrected chi connectivity index (χ0v) is 21.7. The van der Waals surface area contributed by atoms with Crippen LogP contribution in [0.3, 0.4) is 0 Å². The van der Waals surface area contributed by atoms with Gasteiger partial charge in [-0.2, -0.15) is 0 Å². The number of aromatic hydroxyl groups is 1. The number of nitrogens with zero attached hydrogens (tertiary/aromatic N) is 4. The second-order valence-electron chi connectivity index (χ2n) is 10.3. The van der Waals surface area contributed by atoms with Crippen molar-refractivity contribution in [3.63, 3.8) is 0 Å². The third kappa shape index (κ3) is 5.48. The number of phenols is 1. The molecule has 0 unspecified atom stereocenters. The summed E-state index contributed by atoms with van der Waals surface area (Å²) in [6.45, 7) is 7.51. The van der Waals surface area contributed by atoms with Crippen LogP contribution >= 0.6 is 0 Å². The van der Waals surface area contributed by atoms with Crippen molar-refractivity contribution in [3.8, 4) is 11.5 Å². The summed E-state index contributed by atoms with van der Waals surface area (Å²) < 4.78 is 5.24. The van der Waals surface area contributed by atoms with Crippen LogP contribution in [0.4, 0.5) is 4.79 Å². The number of methoxy groups -OCH3 is 1. The number of urea groups is 1. The molecular formula is C28H38N4O4. The number of rotatable bonds is 10. The van der Waals surface area contributed by atoms with E-state index in [1.54, 1.807) is 25.6 Å². The molecule has 1 aromatic heterocycles. The lowest BCUT2D eigenvalue weighted by atomic mass is 9.85. The molecule has 0 radical (unpaired) electrons. The van der Waals surface area contributed by atoms with Crippen molar-refractivity contribution in [3.05, 3.63) is 53.9 Å². The van der Waals surface area contributed by atoms with Gasteiger partial charge in [0.2, 0.25) is 0 Å². The lowest BCUT2D eigenvalue weighted by Crippen LogP contribution is -2.56. The summed E-state index contributed by atoms with van der Waals surface area (Å²) >= 11 is 0. The van der Waals surface area contributed by atoms with Crippen LogP contribution in [0.25, 0.3) is 0 Å². The molecule has 0 saturated carbocycles. The quantitative estimate of drug-likeness (QED) is 0.501. The maximum absolute atomic E-state index is 13.8. The summed E-state index contributed by atoms with van der Waals surface area (Å²) in [7, 11) is 1.54. The fraction of sp³-hybridized carbons (Fsp3) is 0.536. The number of hydrogen-bond acceptors (Lipinski definition) is 6. The molecule has 8 heteroatoms. The van der Waals surface area contributed by atoms with Crippen LogP contribution < -0.4 is 4.74 Å². The number of carbonyl (C=O) groups excluding carboxylic acids is 2. The molecular weight excluding hydrogens is 456 g/mol. The molecule has 3 amide bonds. The number of hydrogen-bond donors (Lipinski definition) is 1. The van der Waals surface area contributed by atoms with E-state index in [0.29, 0.717) is 44.1 Å². The van der Waals surface area contributed by atoms with Crippen molar-refractivity contribution in [2.24, 2.45) is 5.92 Å². The number of ether oxygens (including phenoxy) is 1. The Kier molecular flexibility index (Phi) is 8.14. The lowest BCUT2D eigenvalue weighted by Gasteiger charge is -2.42. The van der Waals surface area contributed by atoms with Crippen molar-refractivity contribution >= 4 is 11.9 Å². The van der Waals surface area contributed by atoms with E-state index in [-0.39, 0.29) is 17.7 Å². The summed E-state index contributed by atoms with van der Waals surface area (Å²) in [5.74, 6) is 1.01. The van der Waals surface area contributed by atoms with Gasteiger partial charge in [0.15, 0.2) is 11.5 Å². The van der Waals surface area contributed by atoms with Gasteiger partial charge in [-0.15, -0.1) is 0 Å². The molecule has 2 aliphatic rings. The predicted octanol–water partition coefficient (Wildman–Crippen LogP) is 4.07. The van der Waals surface area contributed by atoms with Gasteiger partial charge in [0, 0.05) is 45.1 Å². The topological polar surface area (TPSA) is 86.2 Å². The molecule has 194 valence electrons. The fourth-order valence-electron chi connectivity index (χ4n) is 5.31. The van der Waals surface area contributed by atoms with Crippen LogP contribution in [0.1, 0.15) is 50.7 Å². The molecule has 1 aromatic carbocycles. The van der Waals surface area contributed by atoms with Gasteiger partial charge < -0.3 is 14.7 Å². The van der Waals surface area contributed by atoms with Gasteiger partial charge in [0.05, 0.1) is 7.11 Å². The van der Waals surface area contributed by atoms with Gasteiger partial charge in [0.1, 0.15) is 5.54 Å². The van der Waals surface area contributed by atoms with E-state index in [0.717, 1.165) is 43.5 Å². The highest BCUT2D eigenvalue weighted by atomic mass is 16.5. The Morgan fingerprint density at radius 2 is 1.78 bits per heavy atom. The normalized spacial score (nSPS) is 18.0. The first-order valence-corrected chi connectivity index (χ1v) is 12.9. The summed E-state index contributed by atoms with van der Waals surface area (Å²) in [5.41, 5.74) is 1.46. The number of pyridine rings is 1. The number of likely N-dealkylation sites (tertiary alicyclic amines) is 1. The molecule has 3 heterocycles. The first-order chi connectivity index (χ1) is 17.3. The Morgan fingerprint density at radius 3 is 2.44 bits per heavy atom. The second kappa shape index (κ2) is 11.3. The second-order valence-corrected chi connectivity index (χ2v) is 10.3. The highest BCUT2D eigenvalue weighted by Crippen LogP contribution is 2.38. The molecule has 0 aliphatic carbocycles. The van der Waals surface area contributed by atoms with E-state index >= 15 is 0 Å². The molecule has 2 saturated heterocycles. The number of phenolic OH excluding ortho intramolecular Hbond substituents is 1. The van der Waals surface area contributed by atoms with Crippen LogP contribution in [0.15, 0.2) is 42.7 Å². The summed E-state index contributed by atoms with van der Waals surface area (Å²) in [5, 5.41) is 9.88. The van der Waals surface area contributed by atoms with E-state index in [1.165, 1.54) is 4.90 Å². The number of aromatic nitrogens is 1. The number of piperidine rings is 1. The summed E-state index contributed by atoms with van der Waals surface area (Å²) in [4.78, 5) is 37.0. The minimum atomic E-state index is -0.744. The molecule has 0 atom stereocenters. The smallest absolute Gasteiger partial charge is 0.327 e. The van der Waals surface area contributed by atoms with Gasteiger partial charge in [-0.05, 0) is 73.4 Å². The molecule has 4 rings (SSSR count). The zero-order chi connectivity index (χ0) is 25.7. The van der Waals surface area contributed by atoms with E-state index in [4.69, 9.17) is 4.74 Å². The van der Waals surface area contributed by atoms with Gasteiger partial charge in [-0.3, -0.25) is 19.6 Å². The highest BCUT2D eigenvalue weighted by molar-refractivity contribution is 6.07. The average molecular weight is 495 g/mol. The zero-order valence-electron chi connectivity index (χ0n) is 21.7. The minimum Gasteiger partial charge on any atom is -0.504 e. The van der Waals surface area contributed by atoms with Gasteiger partial charge in [0.25, 0.3) is 5.91 Å². The van der Waals surface area contributed by atoms with Crippen molar-refractivity contribution in [1.29, 1.82) is 0 Å². The van der Waals surface area contributed by atoms with Crippen molar-refractivity contribution in [1.82, 2.24) is 19.7 Å². The molecule has 1 spiro atoms. The Bertz CT molecular complexity index is 1050. The fourth-order valence-corrected chi connectivity index (χ4v) is 5.31. The van der Waals surface area contributed by atoms with Crippen LogP contribution in [0, 0.1) is 5.92 Å². The van der Waals surface area contributed by atoms with Gasteiger partial charge in [-0.1, -0.05) is 19.9 Å². The molecule has 1 N–H and O–H groups in total. The third-order valence-corrected chi connectivity index (χ3v) is 7.48. The predicted molar refractivity (Wildman–Crippen MR) is 138 cm³/mol. The largest absolute Gasteiger partial charge is 0.504 e.